The molecule has 4 heteroatoms. The first kappa shape index (κ1) is 15.4. The van der Waals surface area contributed by atoms with Crippen molar-refractivity contribution < 1.29 is 8.78 Å². The largest absolute Gasteiger partial charge is 0.374 e. The van der Waals surface area contributed by atoms with Crippen LogP contribution in [0.4, 0.5) is 14.5 Å². The molecule has 0 bridgehead atoms. The lowest BCUT2D eigenvalue weighted by atomic mass is 9.94. The molecule has 0 spiro atoms. The fraction of sp³-hybridized carbons (Fsp3) is 0.294. The Balaban J connectivity index is 2.05. The first-order chi connectivity index (χ1) is 9.99. The average molecular weight is 290 g/mol. The summed E-state index contributed by atoms with van der Waals surface area (Å²) in [5, 5.41) is 0. The zero-order valence-electron chi connectivity index (χ0n) is 12.3. The van der Waals surface area contributed by atoms with Gasteiger partial charge in [0.2, 0.25) is 0 Å². The highest BCUT2D eigenvalue weighted by Crippen LogP contribution is 2.24. The van der Waals surface area contributed by atoms with Gasteiger partial charge in [0.15, 0.2) is 0 Å². The van der Waals surface area contributed by atoms with Gasteiger partial charge in [-0.05, 0) is 36.2 Å². The summed E-state index contributed by atoms with van der Waals surface area (Å²) < 4.78 is 26.7. The number of hydrogen-bond acceptors (Lipinski definition) is 2. The van der Waals surface area contributed by atoms with Crippen molar-refractivity contribution in [2.45, 2.75) is 13.0 Å². The van der Waals surface area contributed by atoms with Gasteiger partial charge < -0.3 is 10.6 Å². The van der Waals surface area contributed by atoms with E-state index in [2.05, 4.69) is 0 Å². The summed E-state index contributed by atoms with van der Waals surface area (Å²) in [5.41, 5.74) is 7.60. The SMILES string of the molecule is CC(CN(C)c1ccc(F)cc1)C(N)c1ccccc1F. The maximum atomic E-state index is 13.8. The highest BCUT2D eigenvalue weighted by atomic mass is 19.1. The van der Waals surface area contributed by atoms with Crippen LogP contribution in [0.2, 0.25) is 0 Å². The predicted molar refractivity (Wildman–Crippen MR) is 82.2 cm³/mol. The monoisotopic (exact) mass is 290 g/mol. The second-order valence-electron chi connectivity index (χ2n) is 5.38. The van der Waals surface area contributed by atoms with E-state index in [0.29, 0.717) is 12.1 Å². The molecule has 0 aliphatic heterocycles. The van der Waals surface area contributed by atoms with E-state index in [4.69, 9.17) is 5.73 Å². The van der Waals surface area contributed by atoms with Crippen LogP contribution in [0.15, 0.2) is 48.5 Å². The molecule has 21 heavy (non-hydrogen) atoms. The van der Waals surface area contributed by atoms with Crippen LogP contribution < -0.4 is 10.6 Å². The van der Waals surface area contributed by atoms with E-state index >= 15 is 0 Å². The Morgan fingerprint density at radius 2 is 1.67 bits per heavy atom. The molecule has 0 aliphatic carbocycles. The minimum Gasteiger partial charge on any atom is -0.374 e. The minimum absolute atomic E-state index is 0.0527. The van der Waals surface area contributed by atoms with Crippen molar-refractivity contribution >= 4 is 5.69 Å². The smallest absolute Gasteiger partial charge is 0.127 e. The Morgan fingerprint density at radius 1 is 1.05 bits per heavy atom. The number of anilines is 1. The molecule has 0 heterocycles. The zero-order valence-corrected chi connectivity index (χ0v) is 12.3. The third-order valence-corrected chi connectivity index (χ3v) is 3.71. The summed E-state index contributed by atoms with van der Waals surface area (Å²) in [6, 6.07) is 12.5. The van der Waals surface area contributed by atoms with E-state index in [9.17, 15) is 8.78 Å². The molecule has 0 radical (unpaired) electrons. The Hall–Kier alpha value is -1.94. The molecule has 0 amide bonds. The van der Waals surface area contributed by atoms with Crippen molar-refractivity contribution in [2.24, 2.45) is 11.7 Å². The maximum absolute atomic E-state index is 13.8. The first-order valence-electron chi connectivity index (χ1n) is 6.95. The zero-order chi connectivity index (χ0) is 15.4. The van der Waals surface area contributed by atoms with E-state index in [0.717, 1.165) is 5.69 Å². The van der Waals surface area contributed by atoms with Gasteiger partial charge in [0, 0.05) is 30.9 Å². The molecule has 2 N–H and O–H groups in total. The number of nitrogens with zero attached hydrogens (tertiary/aromatic N) is 1. The second-order valence-corrected chi connectivity index (χ2v) is 5.38. The molecule has 0 aromatic heterocycles. The molecule has 0 aliphatic rings. The van der Waals surface area contributed by atoms with E-state index in [1.807, 2.05) is 18.9 Å². The van der Waals surface area contributed by atoms with Crippen LogP contribution in [0.3, 0.4) is 0 Å². The van der Waals surface area contributed by atoms with E-state index in [-0.39, 0.29) is 23.6 Å². The third-order valence-electron chi connectivity index (χ3n) is 3.71. The fourth-order valence-corrected chi connectivity index (χ4v) is 2.40. The Morgan fingerprint density at radius 3 is 2.29 bits per heavy atom. The highest BCUT2D eigenvalue weighted by Gasteiger charge is 2.19. The maximum Gasteiger partial charge on any atom is 0.127 e. The van der Waals surface area contributed by atoms with Crippen molar-refractivity contribution in [1.82, 2.24) is 0 Å². The van der Waals surface area contributed by atoms with Crippen LogP contribution in [-0.4, -0.2) is 13.6 Å². The van der Waals surface area contributed by atoms with Gasteiger partial charge in [-0.3, -0.25) is 0 Å². The summed E-state index contributed by atoms with van der Waals surface area (Å²) in [5.74, 6) is -0.485. The molecule has 112 valence electrons. The molecule has 2 aromatic rings. The molecule has 2 rings (SSSR count). The van der Waals surface area contributed by atoms with Gasteiger partial charge in [0.05, 0.1) is 0 Å². The van der Waals surface area contributed by atoms with E-state index in [1.54, 1.807) is 30.3 Å². The Labute approximate surface area is 124 Å². The molecule has 2 aromatic carbocycles. The number of hydrogen-bond donors (Lipinski definition) is 1. The van der Waals surface area contributed by atoms with Crippen LogP contribution in [0.25, 0.3) is 0 Å². The third kappa shape index (κ3) is 3.79. The second kappa shape index (κ2) is 6.68. The fourth-order valence-electron chi connectivity index (χ4n) is 2.40. The van der Waals surface area contributed by atoms with Crippen molar-refractivity contribution in [3.8, 4) is 0 Å². The molecule has 2 unspecified atom stereocenters. The molecular formula is C17H20F2N2. The lowest BCUT2D eigenvalue weighted by Gasteiger charge is -2.27. The van der Waals surface area contributed by atoms with Gasteiger partial charge in [-0.25, -0.2) is 8.78 Å². The van der Waals surface area contributed by atoms with Crippen LogP contribution in [0, 0.1) is 17.6 Å². The molecule has 2 atom stereocenters. The summed E-state index contributed by atoms with van der Waals surface area (Å²) in [7, 11) is 1.91. The normalized spacial score (nSPS) is 13.8. The van der Waals surface area contributed by atoms with Gasteiger partial charge in [-0.1, -0.05) is 25.1 Å². The van der Waals surface area contributed by atoms with Crippen molar-refractivity contribution in [2.75, 3.05) is 18.5 Å². The van der Waals surface area contributed by atoms with Gasteiger partial charge >= 0.3 is 0 Å². The van der Waals surface area contributed by atoms with Gasteiger partial charge in [-0.2, -0.15) is 0 Å². The topological polar surface area (TPSA) is 29.3 Å². The number of halogens is 2. The standard InChI is InChI=1S/C17H20F2N2/c1-12(17(20)15-5-3-4-6-16(15)19)11-21(2)14-9-7-13(18)8-10-14/h3-10,12,17H,11,20H2,1-2H3. The summed E-state index contributed by atoms with van der Waals surface area (Å²) >= 11 is 0. The minimum atomic E-state index is -0.380. The van der Waals surface area contributed by atoms with Crippen LogP contribution >= 0.6 is 0 Å². The van der Waals surface area contributed by atoms with Crippen LogP contribution in [0.5, 0.6) is 0 Å². The van der Waals surface area contributed by atoms with E-state index in [1.165, 1.54) is 18.2 Å². The summed E-state index contributed by atoms with van der Waals surface area (Å²) in [6.07, 6.45) is 0. The van der Waals surface area contributed by atoms with Crippen molar-refractivity contribution in [3.05, 3.63) is 65.7 Å². The molecule has 0 saturated carbocycles. The quantitative estimate of drug-likeness (QED) is 0.909. The summed E-state index contributed by atoms with van der Waals surface area (Å²) in [4.78, 5) is 1.99. The lowest BCUT2D eigenvalue weighted by Crippen LogP contribution is -2.31. The number of nitrogens with two attached hydrogens (primary N) is 1. The van der Waals surface area contributed by atoms with Gasteiger partial charge in [0.25, 0.3) is 0 Å². The number of benzene rings is 2. The predicted octanol–water partition coefficient (Wildman–Crippen LogP) is 3.74. The summed E-state index contributed by atoms with van der Waals surface area (Å²) in [6.45, 7) is 2.64. The Kier molecular flexibility index (Phi) is 4.91. The molecule has 2 nitrogen and oxygen atoms in total. The van der Waals surface area contributed by atoms with Crippen molar-refractivity contribution in [3.63, 3.8) is 0 Å². The number of rotatable bonds is 5. The average Bonchev–Trinajstić information content (AvgIpc) is 2.47. The first-order valence-corrected chi connectivity index (χ1v) is 6.95. The van der Waals surface area contributed by atoms with Crippen LogP contribution in [0.1, 0.15) is 18.5 Å². The lowest BCUT2D eigenvalue weighted by molar-refractivity contribution is 0.453. The van der Waals surface area contributed by atoms with Gasteiger partial charge in [-0.15, -0.1) is 0 Å². The van der Waals surface area contributed by atoms with Crippen LogP contribution in [-0.2, 0) is 0 Å². The van der Waals surface area contributed by atoms with Crippen molar-refractivity contribution in [1.29, 1.82) is 0 Å². The molecular weight excluding hydrogens is 270 g/mol. The highest BCUT2D eigenvalue weighted by molar-refractivity contribution is 5.45. The van der Waals surface area contributed by atoms with Gasteiger partial charge in [0.1, 0.15) is 11.6 Å². The Bertz CT molecular complexity index is 584. The molecule has 0 saturated heterocycles. The van der Waals surface area contributed by atoms with E-state index < -0.39 is 0 Å². The molecule has 0 fully saturated rings.